The number of hydrogen-bond donors (Lipinski definition) is 0. The second-order valence-electron chi connectivity index (χ2n) is 5.65. The van der Waals surface area contributed by atoms with Crippen LogP contribution in [0, 0.1) is 20.8 Å². The number of rotatable bonds is 1. The summed E-state index contributed by atoms with van der Waals surface area (Å²) in [5, 5.41) is 5.82. The van der Waals surface area contributed by atoms with Gasteiger partial charge in [-0.15, -0.1) is 16.0 Å². The van der Waals surface area contributed by atoms with E-state index in [0.717, 1.165) is 22.1 Å². The summed E-state index contributed by atoms with van der Waals surface area (Å²) in [5.74, 6) is 0.828. The predicted octanol–water partition coefficient (Wildman–Crippen LogP) is 3.05. The molecule has 114 valence electrons. The number of fused-ring (bicyclic) bond motifs is 2. The molecule has 0 spiro atoms. The van der Waals surface area contributed by atoms with Gasteiger partial charge in [0.15, 0.2) is 0 Å². The van der Waals surface area contributed by atoms with Crippen LogP contribution in [0.5, 0.6) is 0 Å². The quantitative estimate of drug-likeness (QED) is 0.505. The SMILES string of the molecule is Cc1nc2nc(-c3sc4ccccc4c3C)[n+](C)nc2nc1C. The zero-order valence-electron chi connectivity index (χ0n) is 13.5. The number of aromatic nitrogens is 5. The normalized spacial score (nSPS) is 11.5. The third-order valence-corrected chi connectivity index (χ3v) is 5.35. The van der Waals surface area contributed by atoms with Crippen LogP contribution < -0.4 is 4.68 Å². The summed E-state index contributed by atoms with van der Waals surface area (Å²) < 4.78 is 3.05. The Kier molecular flexibility index (Phi) is 3.09. The van der Waals surface area contributed by atoms with E-state index in [-0.39, 0.29) is 0 Å². The van der Waals surface area contributed by atoms with Gasteiger partial charge < -0.3 is 0 Å². The first-order valence-electron chi connectivity index (χ1n) is 7.42. The molecule has 0 saturated carbocycles. The van der Waals surface area contributed by atoms with Crippen LogP contribution >= 0.6 is 11.3 Å². The fourth-order valence-corrected chi connectivity index (χ4v) is 3.90. The molecular weight excluding hydrogens is 306 g/mol. The van der Waals surface area contributed by atoms with Crippen molar-refractivity contribution in [2.45, 2.75) is 20.8 Å². The van der Waals surface area contributed by atoms with Crippen LogP contribution in [0.25, 0.3) is 32.1 Å². The highest BCUT2D eigenvalue weighted by atomic mass is 32.1. The van der Waals surface area contributed by atoms with Gasteiger partial charge >= 0.3 is 11.5 Å². The molecule has 0 aliphatic heterocycles. The molecule has 0 unspecified atom stereocenters. The first-order chi connectivity index (χ1) is 11.0. The van der Waals surface area contributed by atoms with Gasteiger partial charge in [-0.25, -0.2) is 9.97 Å². The molecule has 0 saturated heterocycles. The maximum Gasteiger partial charge on any atom is 0.363 e. The second kappa shape index (κ2) is 5.03. The summed E-state index contributed by atoms with van der Waals surface area (Å²) in [7, 11) is 1.91. The average molecular weight is 322 g/mol. The van der Waals surface area contributed by atoms with Gasteiger partial charge in [-0.3, -0.25) is 0 Å². The van der Waals surface area contributed by atoms with Crippen molar-refractivity contribution in [2.75, 3.05) is 0 Å². The molecule has 0 fully saturated rings. The van der Waals surface area contributed by atoms with Crippen LogP contribution in [0.15, 0.2) is 24.3 Å². The van der Waals surface area contributed by atoms with E-state index in [1.807, 2.05) is 20.9 Å². The van der Waals surface area contributed by atoms with Crippen molar-refractivity contribution >= 4 is 32.7 Å². The highest BCUT2D eigenvalue weighted by molar-refractivity contribution is 7.22. The van der Waals surface area contributed by atoms with Crippen LogP contribution in [0.4, 0.5) is 0 Å². The van der Waals surface area contributed by atoms with Crippen molar-refractivity contribution in [3.05, 3.63) is 41.2 Å². The van der Waals surface area contributed by atoms with Crippen molar-refractivity contribution in [2.24, 2.45) is 7.05 Å². The van der Waals surface area contributed by atoms with Gasteiger partial charge in [0, 0.05) is 4.70 Å². The van der Waals surface area contributed by atoms with Gasteiger partial charge in [0.25, 0.3) is 5.65 Å². The van der Waals surface area contributed by atoms with Crippen LogP contribution in [0.2, 0.25) is 0 Å². The van der Waals surface area contributed by atoms with Gasteiger partial charge in [-0.1, -0.05) is 23.3 Å². The summed E-state index contributed by atoms with van der Waals surface area (Å²) in [6, 6.07) is 8.41. The zero-order valence-corrected chi connectivity index (χ0v) is 14.3. The van der Waals surface area contributed by atoms with Gasteiger partial charge in [-0.05, 0) is 42.8 Å². The van der Waals surface area contributed by atoms with E-state index in [1.54, 1.807) is 16.0 Å². The van der Waals surface area contributed by atoms with Gasteiger partial charge in [0.1, 0.15) is 11.9 Å². The van der Waals surface area contributed by atoms with Crippen molar-refractivity contribution in [1.29, 1.82) is 0 Å². The van der Waals surface area contributed by atoms with Crippen LogP contribution in [-0.4, -0.2) is 20.1 Å². The zero-order chi connectivity index (χ0) is 16.1. The lowest BCUT2D eigenvalue weighted by molar-refractivity contribution is -0.720. The summed E-state index contributed by atoms with van der Waals surface area (Å²) in [5.41, 5.74) is 4.18. The number of thiophene rings is 1. The van der Waals surface area contributed by atoms with Crippen molar-refractivity contribution in [3.63, 3.8) is 0 Å². The minimum Gasteiger partial charge on any atom is -0.223 e. The standard InChI is InChI=1S/C17H16N5S/c1-9-12-7-5-6-8-13(12)23-14(9)17-20-15-16(21-22(17)4)19-11(3)10(2)18-15/h5-8H,1-4H3/q+1. The Hall–Kier alpha value is -2.47. The Morgan fingerprint density at radius 1 is 0.913 bits per heavy atom. The molecular formula is C17H16N5S+. The maximum absolute atomic E-state index is 4.74. The maximum atomic E-state index is 4.74. The minimum absolute atomic E-state index is 0.582. The van der Waals surface area contributed by atoms with Crippen molar-refractivity contribution in [3.8, 4) is 10.7 Å². The van der Waals surface area contributed by atoms with Gasteiger partial charge in [0.05, 0.1) is 11.4 Å². The molecule has 0 radical (unpaired) electrons. The highest BCUT2D eigenvalue weighted by Crippen LogP contribution is 2.35. The number of hydrogen-bond acceptors (Lipinski definition) is 5. The van der Waals surface area contributed by atoms with Crippen LogP contribution in [0.3, 0.4) is 0 Å². The lowest BCUT2D eigenvalue weighted by Crippen LogP contribution is -2.37. The van der Waals surface area contributed by atoms with E-state index in [1.165, 1.54) is 15.6 Å². The number of nitrogens with zero attached hydrogens (tertiary/aromatic N) is 5. The first kappa shape index (κ1) is 14.1. The lowest BCUT2D eigenvalue weighted by Gasteiger charge is -2.00. The Bertz CT molecular complexity index is 1070. The van der Waals surface area contributed by atoms with E-state index in [0.29, 0.717) is 11.3 Å². The van der Waals surface area contributed by atoms with Gasteiger partial charge in [0.2, 0.25) is 0 Å². The fourth-order valence-electron chi connectivity index (χ4n) is 2.67. The van der Waals surface area contributed by atoms with Crippen molar-refractivity contribution in [1.82, 2.24) is 20.1 Å². The fraction of sp³-hybridized carbons (Fsp3) is 0.235. The predicted molar refractivity (Wildman–Crippen MR) is 91.3 cm³/mol. The number of aryl methyl sites for hydroxylation is 4. The summed E-state index contributed by atoms with van der Waals surface area (Å²) in [6.07, 6.45) is 0. The molecule has 5 nitrogen and oxygen atoms in total. The van der Waals surface area contributed by atoms with Gasteiger partial charge in [-0.2, -0.15) is 0 Å². The van der Waals surface area contributed by atoms with E-state index in [2.05, 4.69) is 46.3 Å². The molecule has 3 heterocycles. The van der Waals surface area contributed by atoms with Crippen LogP contribution in [-0.2, 0) is 7.05 Å². The highest BCUT2D eigenvalue weighted by Gasteiger charge is 2.24. The van der Waals surface area contributed by atoms with Crippen LogP contribution in [0.1, 0.15) is 17.0 Å². The summed E-state index contributed by atoms with van der Waals surface area (Å²) >= 11 is 1.74. The van der Waals surface area contributed by atoms with Crippen molar-refractivity contribution < 1.29 is 4.68 Å². The third-order valence-electron chi connectivity index (χ3n) is 4.08. The Labute approximate surface area is 137 Å². The molecule has 0 amide bonds. The molecule has 0 atom stereocenters. The lowest BCUT2D eigenvalue weighted by atomic mass is 10.1. The molecule has 0 aliphatic carbocycles. The molecule has 4 rings (SSSR count). The molecule has 4 aromatic rings. The number of benzene rings is 1. The summed E-state index contributed by atoms with van der Waals surface area (Å²) in [4.78, 5) is 14.9. The molecule has 6 heteroatoms. The Balaban J connectivity index is 2.02. The second-order valence-corrected chi connectivity index (χ2v) is 6.71. The third kappa shape index (κ3) is 2.17. The smallest absolute Gasteiger partial charge is 0.223 e. The van der Waals surface area contributed by atoms with E-state index in [4.69, 9.17) is 4.98 Å². The molecule has 3 aromatic heterocycles. The van der Waals surface area contributed by atoms with E-state index in [9.17, 15) is 0 Å². The Morgan fingerprint density at radius 3 is 2.35 bits per heavy atom. The molecule has 0 bridgehead atoms. The average Bonchev–Trinajstić information content (AvgIpc) is 2.86. The summed E-state index contributed by atoms with van der Waals surface area (Å²) in [6.45, 7) is 6.01. The Morgan fingerprint density at radius 2 is 1.61 bits per heavy atom. The minimum atomic E-state index is 0.582. The molecule has 23 heavy (non-hydrogen) atoms. The molecule has 0 N–H and O–H groups in total. The first-order valence-corrected chi connectivity index (χ1v) is 8.24. The molecule has 1 aromatic carbocycles. The topological polar surface area (TPSA) is 55.4 Å². The van der Waals surface area contributed by atoms with E-state index >= 15 is 0 Å². The molecule has 0 aliphatic rings. The largest absolute Gasteiger partial charge is 0.363 e. The monoisotopic (exact) mass is 322 g/mol. The van der Waals surface area contributed by atoms with E-state index < -0.39 is 0 Å².